The lowest BCUT2D eigenvalue weighted by Gasteiger charge is -2.48. The van der Waals surface area contributed by atoms with Crippen LogP contribution >= 0.6 is 0 Å². The van der Waals surface area contributed by atoms with Crippen LogP contribution in [-0.2, 0) is 14.4 Å². The average Bonchev–Trinajstić information content (AvgIpc) is 2.68. The predicted octanol–water partition coefficient (Wildman–Crippen LogP) is 4.48. The third-order valence-electron chi connectivity index (χ3n) is 5.14. The molecule has 3 rings (SSSR count). The predicted molar refractivity (Wildman–Crippen MR) is 106 cm³/mol. The molecule has 0 aromatic heterocycles. The fourth-order valence-corrected chi connectivity index (χ4v) is 3.62. The Bertz CT molecular complexity index is 979. The minimum absolute atomic E-state index is 0.0776. The molecule has 0 bridgehead atoms. The maximum Gasteiger partial charge on any atom is 0.338 e. The SMILES string of the molecule is CON=C=C1OC[N+](c2cc(F)ccc2F)(C(C)(C)C)C(=O)C1c1ccccc1. The van der Waals surface area contributed by atoms with Gasteiger partial charge in [0, 0.05) is 6.07 Å². The van der Waals surface area contributed by atoms with Crippen LogP contribution in [0.25, 0.3) is 0 Å². The van der Waals surface area contributed by atoms with Crippen LogP contribution in [0.3, 0.4) is 0 Å². The Morgan fingerprint density at radius 3 is 2.48 bits per heavy atom. The fraction of sp³-hybridized carbons (Fsp3) is 0.318. The number of quaternary nitrogens is 1. The van der Waals surface area contributed by atoms with Gasteiger partial charge in [0.05, 0.1) is 5.87 Å². The largest absolute Gasteiger partial charge is 0.437 e. The zero-order chi connectivity index (χ0) is 21.2. The van der Waals surface area contributed by atoms with Crippen LogP contribution < -0.4 is 4.48 Å². The molecule has 1 aliphatic rings. The van der Waals surface area contributed by atoms with E-state index < -0.39 is 27.6 Å². The molecule has 152 valence electrons. The molecular formula is C22H23F2N2O3+. The first kappa shape index (κ1) is 20.7. The summed E-state index contributed by atoms with van der Waals surface area (Å²) >= 11 is 0. The highest BCUT2D eigenvalue weighted by Crippen LogP contribution is 2.44. The van der Waals surface area contributed by atoms with Gasteiger partial charge in [-0.3, -0.25) is 0 Å². The van der Waals surface area contributed by atoms with Crippen LogP contribution in [0.15, 0.2) is 59.4 Å². The lowest BCUT2D eigenvalue weighted by Crippen LogP contribution is -2.70. The van der Waals surface area contributed by atoms with E-state index in [1.165, 1.54) is 7.11 Å². The second-order valence-electron chi connectivity index (χ2n) is 7.78. The first-order valence-corrected chi connectivity index (χ1v) is 9.14. The molecule has 0 spiro atoms. The molecule has 0 N–H and O–H groups in total. The van der Waals surface area contributed by atoms with Crippen molar-refractivity contribution in [2.75, 3.05) is 13.8 Å². The van der Waals surface area contributed by atoms with Crippen molar-refractivity contribution in [3.63, 3.8) is 0 Å². The molecule has 1 aliphatic heterocycles. The highest BCUT2D eigenvalue weighted by atomic mass is 19.1. The summed E-state index contributed by atoms with van der Waals surface area (Å²) in [5.41, 5.74) is -0.274. The molecule has 7 heteroatoms. The van der Waals surface area contributed by atoms with Gasteiger partial charge in [0.15, 0.2) is 23.2 Å². The molecule has 2 aromatic carbocycles. The number of nitrogens with zero attached hydrogens (tertiary/aromatic N) is 2. The van der Waals surface area contributed by atoms with Crippen molar-refractivity contribution in [1.29, 1.82) is 0 Å². The lowest BCUT2D eigenvalue weighted by atomic mass is 9.88. The number of hydrogen-bond donors (Lipinski definition) is 0. The van der Waals surface area contributed by atoms with E-state index in [1.807, 2.05) is 6.07 Å². The molecule has 1 fully saturated rings. The molecule has 2 atom stereocenters. The number of amides is 1. The summed E-state index contributed by atoms with van der Waals surface area (Å²) in [4.78, 5) is 18.7. The number of halogens is 2. The number of carbonyl (C=O) groups is 1. The summed E-state index contributed by atoms with van der Waals surface area (Å²) in [6.45, 7) is 5.14. The molecule has 2 aromatic rings. The van der Waals surface area contributed by atoms with Gasteiger partial charge in [0.1, 0.15) is 18.5 Å². The van der Waals surface area contributed by atoms with Crippen molar-refractivity contribution in [2.45, 2.75) is 32.2 Å². The summed E-state index contributed by atoms with van der Waals surface area (Å²) in [6, 6.07) is 12.0. The van der Waals surface area contributed by atoms with Crippen molar-refractivity contribution in [3.8, 4) is 0 Å². The van der Waals surface area contributed by atoms with E-state index in [9.17, 15) is 13.6 Å². The molecule has 5 nitrogen and oxygen atoms in total. The topological polar surface area (TPSA) is 47.9 Å². The van der Waals surface area contributed by atoms with Gasteiger partial charge in [0.25, 0.3) is 0 Å². The molecule has 1 saturated heterocycles. The van der Waals surface area contributed by atoms with E-state index in [1.54, 1.807) is 45.0 Å². The summed E-state index contributed by atoms with van der Waals surface area (Å²) in [5, 5.41) is 3.61. The van der Waals surface area contributed by atoms with Crippen LogP contribution in [0.5, 0.6) is 0 Å². The average molecular weight is 401 g/mol. The smallest absolute Gasteiger partial charge is 0.338 e. The molecular weight excluding hydrogens is 378 g/mol. The van der Waals surface area contributed by atoms with Crippen molar-refractivity contribution < 1.29 is 23.1 Å². The summed E-state index contributed by atoms with van der Waals surface area (Å²) in [6.07, 6.45) is 0. The van der Waals surface area contributed by atoms with Crippen LogP contribution in [0.4, 0.5) is 14.5 Å². The Kier molecular flexibility index (Phi) is 5.55. The fourth-order valence-electron chi connectivity index (χ4n) is 3.62. The third kappa shape index (κ3) is 3.55. The summed E-state index contributed by atoms with van der Waals surface area (Å²) in [5.74, 6) is 0.194. The van der Waals surface area contributed by atoms with Gasteiger partial charge in [-0.05, 0) is 43.6 Å². The molecule has 1 amide bonds. The van der Waals surface area contributed by atoms with Gasteiger partial charge in [-0.15, -0.1) is 0 Å². The minimum Gasteiger partial charge on any atom is -0.437 e. The summed E-state index contributed by atoms with van der Waals surface area (Å²) < 4.78 is 34.3. The van der Waals surface area contributed by atoms with Crippen molar-refractivity contribution >= 4 is 17.5 Å². The van der Waals surface area contributed by atoms with E-state index in [4.69, 9.17) is 4.74 Å². The van der Waals surface area contributed by atoms with Gasteiger partial charge >= 0.3 is 5.91 Å². The molecule has 2 unspecified atom stereocenters. The number of benzene rings is 2. The van der Waals surface area contributed by atoms with Gasteiger partial charge in [0.2, 0.25) is 6.73 Å². The maximum atomic E-state index is 14.9. The highest BCUT2D eigenvalue weighted by molar-refractivity contribution is 5.99. The van der Waals surface area contributed by atoms with Crippen LogP contribution in [0, 0.1) is 11.6 Å². The third-order valence-corrected chi connectivity index (χ3v) is 5.14. The van der Waals surface area contributed by atoms with Gasteiger partial charge in [-0.25, -0.2) is 13.6 Å². The van der Waals surface area contributed by atoms with Crippen molar-refractivity contribution in [2.24, 2.45) is 5.16 Å². The summed E-state index contributed by atoms with van der Waals surface area (Å²) in [7, 11) is 1.35. The molecule has 0 radical (unpaired) electrons. The van der Waals surface area contributed by atoms with E-state index >= 15 is 0 Å². The molecule has 0 aliphatic carbocycles. The Morgan fingerprint density at radius 2 is 1.86 bits per heavy atom. The van der Waals surface area contributed by atoms with Gasteiger partial charge in [-0.1, -0.05) is 30.3 Å². The van der Waals surface area contributed by atoms with E-state index in [-0.39, 0.29) is 24.1 Å². The van der Waals surface area contributed by atoms with Crippen molar-refractivity contribution in [3.05, 3.63) is 71.5 Å². The number of carbonyl (C=O) groups excluding carboxylic acids is 1. The standard InChI is InChI=1S/C22H23F2N2O3/c1-22(2,3)26(18-12-16(23)10-11-17(18)24)14-29-19(13-25-28-4)20(21(26)27)15-8-6-5-7-9-15/h5-12,20H,14H2,1-4H3/q+1. The van der Waals surface area contributed by atoms with E-state index in [0.717, 1.165) is 18.2 Å². The maximum absolute atomic E-state index is 14.9. The minimum atomic E-state index is -0.911. The monoisotopic (exact) mass is 401 g/mol. The quantitative estimate of drug-likeness (QED) is 0.433. The van der Waals surface area contributed by atoms with Gasteiger partial charge in [-0.2, -0.15) is 4.48 Å². The number of rotatable bonds is 3. The number of ether oxygens (including phenoxy) is 1. The highest BCUT2D eigenvalue weighted by Gasteiger charge is 2.58. The molecule has 29 heavy (non-hydrogen) atoms. The van der Waals surface area contributed by atoms with Crippen LogP contribution in [-0.4, -0.2) is 31.2 Å². The van der Waals surface area contributed by atoms with Gasteiger partial charge < -0.3 is 9.57 Å². The molecule has 1 heterocycles. The zero-order valence-corrected chi connectivity index (χ0v) is 16.8. The van der Waals surface area contributed by atoms with Crippen LogP contribution in [0.2, 0.25) is 0 Å². The Morgan fingerprint density at radius 1 is 1.17 bits per heavy atom. The second-order valence-corrected chi connectivity index (χ2v) is 7.78. The first-order valence-electron chi connectivity index (χ1n) is 9.14. The van der Waals surface area contributed by atoms with Crippen molar-refractivity contribution in [1.82, 2.24) is 4.48 Å². The Labute approximate surface area is 168 Å². The molecule has 0 saturated carbocycles. The van der Waals surface area contributed by atoms with E-state index in [0.29, 0.717) is 5.56 Å². The Balaban J connectivity index is 2.28. The van der Waals surface area contributed by atoms with Crippen LogP contribution in [0.1, 0.15) is 32.3 Å². The second kappa shape index (κ2) is 7.78. The normalized spacial score (nSPS) is 21.9. The Hall–Kier alpha value is -3.02. The lowest BCUT2D eigenvalue weighted by molar-refractivity contribution is -0.148. The first-order chi connectivity index (χ1) is 13.7. The zero-order valence-electron chi connectivity index (χ0n) is 16.8. The number of hydrogen-bond acceptors (Lipinski definition) is 4. The van der Waals surface area contributed by atoms with E-state index in [2.05, 4.69) is 15.9 Å².